The second kappa shape index (κ2) is 6.36. The lowest BCUT2D eigenvalue weighted by Crippen LogP contribution is -2.03. The molecule has 122 valence electrons. The Labute approximate surface area is 154 Å². The number of para-hydroxylation sites is 2. The molecule has 0 spiro atoms. The van der Waals surface area contributed by atoms with Crippen molar-refractivity contribution in [2.45, 2.75) is 0 Å². The third kappa shape index (κ3) is 2.93. The van der Waals surface area contributed by atoms with Gasteiger partial charge in [0.05, 0.1) is 16.1 Å². The molecule has 4 rings (SSSR count). The van der Waals surface area contributed by atoms with Crippen molar-refractivity contribution in [3.8, 4) is 5.69 Å². The van der Waals surface area contributed by atoms with Gasteiger partial charge in [-0.3, -0.25) is 9.36 Å². The van der Waals surface area contributed by atoms with Gasteiger partial charge in [-0.25, -0.2) is 4.98 Å². The maximum Gasteiger partial charge on any atom is 0.194 e. The number of halogens is 2. The number of ketones is 1. The molecule has 0 saturated heterocycles. The normalized spacial score (nSPS) is 11.0. The van der Waals surface area contributed by atoms with Crippen LogP contribution < -0.4 is 0 Å². The fourth-order valence-electron chi connectivity index (χ4n) is 2.77. The number of carbonyl (C=O) groups is 1. The molecule has 25 heavy (non-hydrogen) atoms. The Morgan fingerprint density at radius 1 is 0.920 bits per heavy atom. The third-order valence-electron chi connectivity index (χ3n) is 4.03. The SMILES string of the molecule is O=C(c1ccc(-n2cnc3ccccc32)cc1)c1cc(Cl)ccc1Cl. The summed E-state index contributed by atoms with van der Waals surface area (Å²) in [5, 5.41) is 0.869. The van der Waals surface area contributed by atoms with Crippen LogP contribution in [-0.4, -0.2) is 15.3 Å². The summed E-state index contributed by atoms with van der Waals surface area (Å²) in [4.78, 5) is 17.1. The van der Waals surface area contributed by atoms with Gasteiger partial charge in [-0.1, -0.05) is 35.3 Å². The van der Waals surface area contributed by atoms with Gasteiger partial charge in [0.15, 0.2) is 5.78 Å². The Hall–Kier alpha value is -2.62. The lowest BCUT2D eigenvalue weighted by atomic mass is 10.0. The van der Waals surface area contributed by atoms with Crippen LogP contribution in [0.3, 0.4) is 0 Å². The van der Waals surface area contributed by atoms with Crippen LogP contribution in [0.2, 0.25) is 10.0 Å². The van der Waals surface area contributed by atoms with Gasteiger partial charge < -0.3 is 0 Å². The minimum Gasteiger partial charge on any atom is -0.299 e. The standard InChI is InChI=1S/C20H12Cl2N2O/c21-14-7-10-17(22)16(11-14)20(25)13-5-8-15(9-6-13)24-12-23-18-3-1-2-4-19(18)24/h1-12H. The van der Waals surface area contributed by atoms with Crippen LogP contribution in [0.4, 0.5) is 0 Å². The highest BCUT2D eigenvalue weighted by Crippen LogP contribution is 2.24. The molecule has 0 saturated carbocycles. The molecule has 3 nitrogen and oxygen atoms in total. The Bertz CT molecular complexity index is 1080. The quantitative estimate of drug-likeness (QED) is 0.444. The second-order valence-electron chi connectivity index (χ2n) is 5.60. The summed E-state index contributed by atoms with van der Waals surface area (Å²) >= 11 is 12.1. The predicted octanol–water partition coefficient (Wildman–Crippen LogP) is 5.56. The maximum atomic E-state index is 12.7. The first kappa shape index (κ1) is 15.9. The number of benzene rings is 3. The molecule has 0 radical (unpaired) electrons. The van der Waals surface area contributed by atoms with Gasteiger partial charge in [0, 0.05) is 21.8 Å². The summed E-state index contributed by atoms with van der Waals surface area (Å²) in [5.74, 6) is -0.158. The van der Waals surface area contributed by atoms with Gasteiger partial charge in [-0.2, -0.15) is 0 Å². The first-order valence-corrected chi connectivity index (χ1v) is 8.41. The Morgan fingerprint density at radius 2 is 1.68 bits per heavy atom. The average molecular weight is 367 g/mol. The summed E-state index contributed by atoms with van der Waals surface area (Å²) in [7, 11) is 0. The van der Waals surface area contributed by atoms with Crippen LogP contribution in [0.25, 0.3) is 16.7 Å². The highest BCUT2D eigenvalue weighted by molar-refractivity contribution is 6.36. The van der Waals surface area contributed by atoms with Crippen LogP contribution in [-0.2, 0) is 0 Å². The van der Waals surface area contributed by atoms with Gasteiger partial charge in [-0.05, 0) is 54.6 Å². The molecule has 0 aliphatic rings. The minimum atomic E-state index is -0.158. The largest absolute Gasteiger partial charge is 0.299 e. The number of carbonyl (C=O) groups excluding carboxylic acids is 1. The van der Waals surface area contributed by atoms with E-state index in [2.05, 4.69) is 4.98 Å². The number of hydrogen-bond acceptors (Lipinski definition) is 2. The van der Waals surface area contributed by atoms with E-state index in [0.717, 1.165) is 16.7 Å². The van der Waals surface area contributed by atoms with E-state index in [4.69, 9.17) is 23.2 Å². The van der Waals surface area contributed by atoms with Crippen molar-refractivity contribution in [1.29, 1.82) is 0 Å². The van der Waals surface area contributed by atoms with E-state index >= 15 is 0 Å². The van der Waals surface area contributed by atoms with Crippen LogP contribution in [0, 0.1) is 0 Å². The van der Waals surface area contributed by atoms with E-state index in [1.54, 1.807) is 36.7 Å². The molecule has 3 aromatic carbocycles. The monoisotopic (exact) mass is 366 g/mol. The van der Waals surface area contributed by atoms with E-state index < -0.39 is 0 Å². The molecule has 0 fully saturated rings. The van der Waals surface area contributed by atoms with Gasteiger partial charge in [0.1, 0.15) is 6.33 Å². The zero-order valence-electron chi connectivity index (χ0n) is 13.0. The number of fused-ring (bicyclic) bond motifs is 1. The first-order valence-electron chi connectivity index (χ1n) is 7.66. The van der Waals surface area contributed by atoms with E-state index in [9.17, 15) is 4.79 Å². The predicted molar refractivity (Wildman–Crippen MR) is 101 cm³/mol. The van der Waals surface area contributed by atoms with Crippen molar-refractivity contribution in [2.75, 3.05) is 0 Å². The summed E-state index contributed by atoms with van der Waals surface area (Å²) in [5.41, 5.74) is 3.82. The molecule has 0 atom stereocenters. The molecule has 1 aromatic heterocycles. The van der Waals surface area contributed by atoms with E-state index in [1.165, 1.54) is 0 Å². The number of nitrogens with zero attached hydrogens (tertiary/aromatic N) is 2. The molecule has 0 bridgehead atoms. The smallest absolute Gasteiger partial charge is 0.194 e. The minimum absolute atomic E-state index is 0.158. The molecule has 5 heteroatoms. The van der Waals surface area contributed by atoms with Crippen molar-refractivity contribution in [1.82, 2.24) is 9.55 Å². The molecule has 0 N–H and O–H groups in total. The lowest BCUT2D eigenvalue weighted by Gasteiger charge is -2.07. The van der Waals surface area contributed by atoms with Crippen molar-refractivity contribution in [2.24, 2.45) is 0 Å². The molecule has 0 amide bonds. The Kier molecular flexibility index (Phi) is 4.04. The second-order valence-corrected chi connectivity index (χ2v) is 6.45. The van der Waals surface area contributed by atoms with Gasteiger partial charge in [0.2, 0.25) is 0 Å². The zero-order chi connectivity index (χ0) is 17.4. The van der Waals surface area contributed by atoms with Crippen LogP contribution >= 0.6 is 23.2 Å². The maximum absolute atomic E-state index is 12.7. The summed E-state index contributed by atoms with van der Waals surface area (Å²) in [6.45, 7) is 0. The van der Waals surface area contributed by atoms with Gasteiger partial charge >= 0.3 is 0 Å². The van der Waals surface area contributed by atoms with Crippen molar-refractivity contribution >= 4 is 40.0 Å². The molecule has 0 aliphatic carbocycles. The average Bonchev–Trinajstić information content (AvgIpc) is 3.07. The van der Waals surface area contributed by atoms with Crippen molar-refractivity contribution in [3.05, 3.63) is 94.2 Å². The first-order chi connectivity index (χ1) is 12.1. The van der Waals surface area contributed by atoms with Crippen molar-refractivity contribution < 1.29 is 4.79 Å². The summed E-state index contributed by atoms with van der Waals surface area (Å²) < 4.78 is 1.98. The zero-order valence-corrected chi connectivity index (χ0v) is 14.5. The molecule has 1 heterocycles. The number of imidazole rings is 1. The number of rotatable bonds is 3. The van der Waals surface area contributed by atoms with E-state index in [0.29, 0.717) is 21.2 Å². The highest BCUT2D eigenvalue weighted by atomic mass is 35.5. The van der Waals surface area contributed by atoms with Gasteiger partial charge in [0.25, 0.3) is 0 Å². The topological polar surface area (TPSA) is 34.9 Å². The fourth-order valence-corrected chi connectivity index (χ4v) is 3.14. The summed E-state index contributed by atoms with van der Waals surface area (Å²) in [6, 6.07) is 20.1. The van der Waals surface area contributed by atoms with Crippen LogP contribution in [0.15, 0.2) is 73.1 Å². The van der Waals surface area contributed by atoms with E-state index in [1.807, 2.05) is 41.0 Å². The molecular weight excluding hydrogens is 355 g/mol. The van der Waals surface area contributed by atoms with Gasteiger partial charge in [-0.15, -0.1) is 0 Å². The van der Waals surface area contributed by atoms with Crippen molar-refractivity contribution in [3.63, 3.8) is 0 Å². The number of hydrogen-bond donors (Lipinski definition) is 0. The molecule has 0 unspecified atom stereocenters. The lowest BCUT2D eigenvalue weighted by molar-refractivity contribution is 0.103. The highest BCUT2D eigenvalue weighted by Gasteiger charge is 2.14. The number of aromatic nitrogens is 2. The molecule has 0 aliphatic heterocycles. The third-order valence-corrected chi connectivity index (χ3v) is 4.60. The Balaban J connectivity index is 1.70. The summed E-state index contributed by atoms with van der Waals surface area (Å²) in [6.07, 6.45) is 1.77. The molecular formula is C20H12Cl2N2O. The van der Waals surface area contributed by atoms with Crippen LogP contribution in [0.5, 0.6) is 0 Å². The van der Waals surface area contributed by atoms with E-state index in [-0.39, 0.29) is 5.78 Å². The molecule has 4 aromatic rings. The fraction of sp³-hybridized carbons (Fsp3) is 0. The van der Waals surface area contributed by atoms with Crippen LogP contribution in [0.1, 0.15) is 15.9 Å². The Morgan fingerprint density at radius 3 is 2.48 bits per heavy atom.